The van der Waals surface area contributed by atoms with E-state index < -0.39 is 0 Å². The van der Waals surface area contributed by atoms with E-state index in [1.807, 2.05) is 13.8 Å². The van der Waals surface area contributed by atoms with Crippen LogP contribution in [0.2, 0.25) is 0 Å². The Morgan fingerprint density at radius 3 is 2.70 bits per heavy atom. The first-order valence-electron chi connectivity index (χ1n) is 3.35. The summed E-state index contributed by atoms with van der Waals surface area (Å²) in [6.07, 6.45) is 0. The topological polar surface area (TPSA) is 50.4 Å². The lowest BCUT2D eigenvalue weighted by Gasteiger charge is -2.00. The van der Waals surface area contributed by atoms with E-state index in [1.165, 1.54) is 0 Å². The maximum atomic E-state index is 5.43. The molecule has 0 aliphatic rings. The summed E-state index contributed by atoms with van der Waals surface area (Å²) in [5.74, 6) is 0.491. The van der Waals surface area contributed by atoms with Crippen LogP contribution in [0.3, 0.4) is 0 Å². The predicted molar refractivity (Wildman–Crippen MR) is 45.0 cm³/mol. The highest BCUT2D eigenvalue weighted by molar-refractivity contribution is 5.77. The summed E-state index contributed by atoms with van der Waals surface area (Å²) >= 11 is 0. The number of nitrogens with two attached hydrogens (primary N) is 1. The van der Waals surface area contributed by atoms with Gasteiger partial charge in [0.1, 0.15) is 0 Å². The number of rotatable bonds is 3. The van der Waals surface area contributed by atoms with Gasteiger partial charge in [-0.3, -0.25) is 0 Å². The van der Waals surface area contributed by atoms with Crippen molar-refractivity contribution in [1.82, 2.24) is 5.32 Å². The van der Waals surface area contributed by atoms with Crippen LogP contribution in [0.5, 0.6) is 0 Å². The van der Waals surface area contributed by atoms with E-state index in [4.69, 9.17) is 5.73 Å². The normalized spacial score (nSPS) is 11.2. The molecule has 0 aromatic rings. The number of hydrogen-bond donors (Lipinski definition) is 2. The zero-order chi connectivity index (χ0) is 7.98. The molecule has 0 saturated heterocycles. The molecule has 0 radical (unpaired) electrons. The number of guanidine groups is 1. The van der Waals surface area contributed by atoms with Crippen LogP contribution >= 0.6 is 0 Å². The van der Waals surface area contributed by atoms with Gasteiger partial charge in [-0.1, -0.05) is 12.2 Å². The first kappa shape index (κ1) is 9.01. The predicted octanol–water partition coefficient (Wildman–Crippen LogP) is 0.487. The molecule has 0 aromatic heterocycles. The van der Waals surface area contributed by atoms with Gasteiger partial charge in [0.15, 0.2) is 5.96 Å². The van der Waals surface area contributed by atoms with Gasteiger partial charge in [0, 0.05) is 6.54 Å². The molecule has 0 spiro atoms. The molecule has 0 fully saturated rings. The van der Waals surface area contributed by atoms with E-state index in [-0.39, 0.29) is 0 Å². The maximum Gasteiger partial charge on any atom is 0.188 e. The number of aliphatic imine (C=N–C) groups is 1. The molecular formula is C7H15N3. The van der Waals surface area contributed by atoms with E-state index in [0.29, 0.717) is 12.5 Å². The summed E-state index contributed by atoms with van der Waals surface area (Å²) in [4.78, 5) is 4.00. The van der Waals surface area contributed by atoms with Crippen molar-refractivity contribution in [3.05, 3.63) is 12.2 Å². The molecular weight excluding hydrogens is 126 g/mol. The van der Waals surface area contributed by atoms with Gasteiger partial charge in [0.25, 0.3) is 0 Å². The average Bonchev–Trinajstić information content (AvgIpc) is 1.85. The Bertz CT molecular complexity index is 138. The van der Waals surface area contributed by atoms with Gasteiger partial charge in [0.05, 0.1) is 6.54 Å². The van der Waals surface area contributed by atoms with Gasteiger partial charge in [-0.2, -0.15) is 0 Å². The Morgan fingerprint density at radius 1 is 1.70 bits per heavy atom. The highest BCUT2D eigenvalue weighted by Crippen LogP contribution is 1.85. The van der Waals surface area contributed by atoms with Crippen molar-refractivity contribution >= 4 is 5.96 Å². The van der Waals surface area contributed by atoms with Gasteiger partial charge in [-0.15, -0.1) is 0 Å². The molecule has 3 nitrogen and oxygen atoms in total. The quantitative estimate of drug-likeness (QED) is 0.341. The molecule has 0 bridgehead atoms. The summed E-state index contributed by atoms with van der Waals surface area (Å²) in [6.45, 7) is 9.01. The van der Waals surface area contributed by atoms with Gasteiger partial charge in [-0.25, -0.2) is 4.99 Å². The Balaban J connectivity index is 3.57. The molecule has 0 atom stereocenters. The third-order valence-corrected chi connectivity index (χ3v) is 0.877. The SMILES string of the molecule is C=C(C)CN=C(N)NCC. The molecule has 58 valence electrons. The summed E-state index contributed by atoms with van der Waals surface area (Å²) in [6, 6.07) is 0. The van der Waals surface area contributed by atoms with Gasteiger partial charge < -0.3 is 11.1 Å². The first-order chi connectivity index (χ1) is 4.66. The minimum absolute atomic E-state index is 0.491. The molecule has 0 unspecified atom stereocenters. The van der Waals surface area contributed by atoms with Crippen molar-refractivity contribution in [1.29, 1.82) is 0 Å². The van der Waals surface area contributed by atoms with Crippen LogP contribution in [0, 0.1) is 0 Å². The van der Waals surface area contributed by atoms with Crippen LogP contribution in [-0.2, 0) is 0 Å². The molecule has 3 heteroatoms. The largest absolute Gasteiger partial charge is 0.370 e. The highest BCUT2D eigenvalue weighted by atomic mass is 15.1. The lowest BCUT2D eigenvalue weighted by Crippen LogP contribution is -2.31. The molecule has 0 saturated carbocycles. The van der Waals surface area contributed by atoms with Gasteiger partial charge in [0.2, 0.25) is 0 Å². The van der Waals surface area contributed by atoms with E-state index >= 15 is 0 Å². The lowest BCUT2D eigenvalue weighted by molar-refractivity contribution is 0.938. The standard InChI is InChI=1S/C7H15N3/c1-4-9-7(8)10-5-6(2)3/h2,4-5H2,1,3H3,(H3,8,9,10). The van der Waals surface area contributed by atoms with Crippen LogP contribution in [0.1, 0.15) is 13.8 Å². The highest BCUT2D eigenvalue weighted by Gasteiger charge is 1.85. The zero-order valence-corrected chi connectivity index (χ0v) is 6.65. The van der Waals surface area contributed by atoms with Crippen molar-refractivity contribution in [3.63, 3.8) is 0 Å². The first-order valence-corrected chi connectivity index (χ1v) is 3.35. The van der Waals surface area contributed by atoms with Crippen molar-refractivity contribution < 1.29 is 0 Å². The monoisotopic (exact) mass is 141 g/mol. The zero-order valence-electron chi connectivity index (χ0n) is 6.65. The second-order valence-electron chi connectivity index (χ2n) is 2.19. The van der Waals surface area contributed by atoms with Crippen LogP contribution in [0.15, 0.2) is 17.1 Å². The number of nitrogens with zero attached hydrogens (tertiary/aromatic N) is 1. The Morgan fingerprint density at radius 2 is 2.30 bits per heavy atom. The molecule has 0 aromatic carbocycles. The fraction of sp³-hybridized carbons (Fsp3) is 0.571. The molecule has 0 amide bonds. The van der Waals surface area contributed by atoms with Crippen molar-refractivity contribution in [2.75, 3.05) is 13.1 Å². The lowest BCUT2D eigenvalue weighted by atomic mass is 10.4. The third-order valence-electron chi connectivity index (χ3n) is 0.877. The molecule has 0 heterocycles. The number of hydrogen-bond acceptors (Lipinski definition) is 1. The van der Waals surface area contributed by atoms with Crippen molar-refractivity contribution in [2.45, 2.75) is 13.8 Å². The maximum absolute atomic E-state index is 5.43. The second-order valence-corrected chi connectivity index (χ2v) is 2.19. The molecule has 0 aliphatic heterocycles. The van der Waals surface area contributed by atoms with Crippen LogP contribution in [0.4, 0.5) is 0 Å². The van der Waals surface area contributed by atoms with E-state index in [2.05, 4.69) is 16.9 Å². The molecule has 0 rings (SSSR count). The number of nitrogens with one attached hydrogen (secondary N) is 1. The smallest absolute Gasteiger partial charge is 0.188 e. The summed E-state index contributed by atoms with van der Waals surface area (Å²) in [5.41, 5.74) is 6.44. The van der Waals surface area contributed by atoms with E-state index in [9.17, 15) is 0 Å². The minimum atomic E-state index is 0.491. The Hall–Kier alpha value is -0.990. The molecule has 0 aliphatic carbocycles. The van der Waals surface area contributed by atoms with Gasteiger partial charge in [-0.05, 0) is 13.8 Å². The average molecular weight is 141 g/mol. The van der Waals surface area contributed by atoms with Crippen LogP contribution < -0.4 is 11.1 Å². The summed E-state index contributed by atoms with van der Waals surface area (Å²) in [7, 11) is 0. The second kappa shape index (κ2) is 4.85. The fourth-order valence-corrected chi connectivity index (χ4v) is 0.457. The molecule has 3 N–H and O–H groups in total. The van der Waals surface area contributed by atoms with Crippen molar-refractivity contribution in [3.8, 4) is 0 Å². The van der Waals surface area contributed by atoms with E-state index in [1.54, 1.807) is 0 Å². The van der Waals surface area contributed by atoms with Gasteiger partial charge >= 0.3 is 0 Å². The Labute approximate surface area is 62.0 Å². The molecule has 10 heavy (non-hydrogen) atoms. The fourth-order valence-electron chi connectivity index (χ4n) is 0.457. The minimum Gasteiger partial charge on any atom is -0.370 e. The summed E-state index contributed by atoms with van der Waals surface area (Å²) in [5, 5.41) is 2.89. The van der Waals surface area contributed by atoms with E-state index in [0.717, 1.165) is 12.1 Å². The van der Waals surface area contributed by atoms with Crippen LogP contribution in [-0.4, -0.2) is 19.0 Å². The third kappa shape index (κ3) is 5.15. The Kier molecular flexibility index (Phi) is 4.37. The van der Waals surface area contributed by atoms with Crippen molar-refractivity contribution in [2.24, 2.45) is 10.7 Å². The van der Waals surface area contributed by atoms with Crippen LogP contribution in [0.25, 0.3) is 0 Å². The summed E-state index contributed by atoms with van der Waals surface area (Å²) < 4.78 is 0.